The zero-order chi connectivity index (χ0) is 30.5. The molecular weight excluding hydrogens is 614 g/mol. The predicted octanol–water partition coefficient (Wildman–Crippen LogP) is 7.46. The van der Waals surface area contributed by atoms with Gasteiger partial charge in [-0.2, -0.15) is 0 Å². The number of rotatable bonds is 9. The van der Waals surface area contributed by atoms with Crippen molar-refractivity contribution in [2.75, 3.05) is 11.9 Å². The third-order valence-electron chi connectivity index (χ3n) is 8.75. The van der Waals surface area contributed by atoms with Crippen LogP contribution >= 0.6 is 15.9 Å². The van der Waals surface area contributed by atoms with Crippen molar-refractivity contribution >= 4 is 39.2 Å². The normalized spacial score (nSPS) is 19.2. The zero-order valence-corrected chi connectivity index (χ0v) is 26.1. The highest BCUT2D eigenvalue weighted by atomic mass is 79.9. The topological polar surface area (TPSA) is 82.0 Å². The third-order valence-corrected chi connectivity index (χ3v) is 9.25. The second kappa shape index (κ2) is 13.7. The van der Waals surface area contributed by atoms with Crippen LogP contribution in [0.15, 0.2) is 113 Å². The summed E-state index contributed by atoms with van der Waals surface area (Å²) in [6.45, 7) is 1.58. The fourth-order valence-electron chi connectivity index (χ4n) is 6.63. The van der Waals surface area contributed by atoms with Gasteiger partial charge in [0.2, 0.25) is 5.91 Å². The molecule has 0 aromatic heterocycles. The number of amides is 1. The molecule has 1 fully saturated rings. The monoisotopic (exact) mass is 649 g/mol. The molecule has 1 saturated heterocycles. The van der Waals surface area contributed by atoms with Crippen molar-refractivity contribution in [2.24, 2.45) is 4.99 Å². The standard InChI is InChI=1S/C37H36BrN3O3/c38-28-21-20-26-15-9-17-29(31(26)23-28)35(37(43)44)40-34(27-13-5-2-6-14-27)30-16-7-8-18-32(30)39-36(42)33-19-10-22-41(33)24-25-11-3-1-4-12-25/h1-8,11-14,16,18,20-21,23,29,33,35H,9-10,15,17,19,22,24H2,(H,39,42)(H,43,44)/t29-,33+,35?/m1/s1. The van der Waals surface area contributed by atoms with Gasteiger partial charge < -0.3 is 10.4 Å². The van der Waals surface area contributed by atoms with Crippen LogP contribution in [-0.4, -0.2) is 46.2 Å². The van der Waals surface area contributed by atoms with Gasteiger partial charge in [0.1, 0.15) is 0 Å². The number of carbonyl (C=O) groups is 2. The van der Waals surface area contributed by atoms with Gasteiger partial charge in [0.25, 0.3) is 0 Å². The molecule has 7 heteroatoms. The molecule has 4 aromatic carbocycles. The molecule has 6 nitrogen and oxygen atoms in total. The van der Waals surface area contributed by atoms with Gasteiger partial charge in [-0.05, 0) is 73.5 Å². The molecule has 0 bridgehead atoms. The Hall–Kier alpha value is -4.07. The van der Waals surface area contributed by atoms with E-state index in [1.54, 1.807) is 0 Å². The fourth-order valence-corrected chi connectivity index (χ4v) is 7.01. The average Bonchev–Trinajstić information content (AvgIpc) is 3.51. The maximum Gasteiger partial charge on any atom is 0.329 e. The first-order valence-corrected chi connectivity index (χ1v) is 16.1. The highest BCUT2D eigenvalue weighted by Crippen LogP contribution is 2.38. The third kappa shape index (κ3) is 6.69. The second-order valence-corrected chi connectivity index (χ2v) is 12.5. The van der Waals surface area contributed by atoms with E-state index in [9.17, 15) is 14.7 Å². The maximum absolute atomic E-state index is 13.8. The first kappa shape index (κ1) is 30.0. The summed E-state index contributed by atoms with van der Waals surface area (Å²) in [7, 11) is 0. The second-order valence-electron chi connectivity index (χ2n) is 11.6. The molecule has 6 rings (SSSR count). The van der Waals surface area contributed by atoms with Crippen LogP contribution in [0.4, 0.5) is 5.69 Å². The van der Waals surface area contributed by atoms with Crippen LogP contribution in [0.25, 0.3) is 0 Å². The SMILES string of the molecule is O=C(O)C(N=C(c1ccccc1)c1ccccc1NC(=O)[C@@H]1CCCN1Cc1ccccc1)[C@@H]1CCCc2ccc(Br)cc21. The minimum absolute atomic E-state index is 0.0564. The number of carboxylic acid groups (broad SMARTS) is 1. The van der Waals surface area contributed by atoms with Gasteiger partial charge in [0, 0.05) is 28.1 Å². The number of halogens is 1. The molecular formula is C37H36BrN3O3. The van der Waals surface area contributed by atoms with Crippen LogP contribution in [0.2, 0.25) is 0 Å². The Morgan fingerprint density at radius 3 is 2.41 bits per heavy atom. The molecule has 44 heavy (non-hydrogen) atoms. The summed E-state index contributed by atoms with van der Waals surface area (Å²) >= 11 is 3.58. The van der Waals surface area contributed by atoms with Crippen LogP contribution < -0.4 is 5.32 Å². The van der Waals surface area contributed by atoms with Crippen LogP contribution in [-0.2, 0) is 22.6 Å². The summed E-state index contributed by atoms with van der Waals surface area (Å²) in [4.78, 5) is 34.0. The quantitative estimate of drug-likeness (QED) is 0.184. The zero-order valence-electron chi connectivity index (χ0n) is 24.5. The minimum atomic E-state index is -0.987. The lowest BCUT2D eigenvalue weighted by atomic mass is 9.78. The molecule has 224 valence electrons. The maximum atomic E-state index is 13.8. The number of aryl methyl sites for hydroxylation is 1. The first-order chi connectivity index (χ1) is 21.5. The van der Waals surface area contributed by atoms with E-state index in [1.165, 1.54) is 11.1 Å². The van der Waals surface area contributed by atoms with Crippen molar-refractivity contribution in [1.29, 1.82) is 0 Å². The summed E-state index contributed by atoms with van der Waals surface area (Å²) in [5.74, 6) is -1.28. The number of para-hydroxylation sites is 1. The summed E-state index contributed by atoms with van der Waals surface area (Å²) in [6, 6.07) is 32.4. The smallest absolute Gasteiger partial charge is 0.329 e. The molecule has 4 aromatic rings. The molecule has 1 heterocycles. The minimum Gasteiger partial charge on any atom is -0.480 e. The number of aliphatic carboxylic acids is 1. The number of likely N-dealkylation sites (tertiary alicyclic amines) is 1. The van der Waals surface area contributed by atoms with E-state index >= 15 is 0 Å². The number of carboxylic acids is 1. The van der Waals surface area contributed by atoms with E-state index in [-0.39, 0.29) is 17.9 Å². The molecule has 0 spiro atoms. The van der Waals surface area contributed by atoms with E-state index in [2.05, 4.69) is 44.3 Å². The molecule has 1 aliphatic heterocycles. The van der Waals surface area contributed by atoms with Gasteiger partial charge in [-0.25, -0.2) is 4.79 Å². The van der Waals surface area contributed by atoms with E-state index in [4.69, 9.17) is 4.99 Å². The number of benzene rings is 4. The summed E-state index contributed by atoms with van der Waals surface area (Å²) in [5.41, 5.74) is 6.09. The molecule has 1 unspecified atom stereocenters. The number of fused-ring (bicyclic) bond motifs is 1. The Balaban J connectivity index is 1.35. The number of nitrogens with one attached hydrogen (secondary N) is 1. The van der Waals surface area contributed by atoms with E-state index in [1.807, 2.05) is 84.9 Å². The largest absolute Gasteiger partial charge is 0.480 e. The molecule has 1 amide bonds. The van der Waals surface area contributed by atoms with Gasteiger partial charge in [-0.1, -0.05) is 101 Å². The molecule has 0 saturated carbocycles. The Morgan fingerprint density at radius 1 is 0.909 bits per heavy atom. The fraction of sp³-hybridized carbons (Fsp3) is 0.270. The Bertz CT molecular complexity index is 1660. The van der Waals surface area contributed by atoms with Gasteiger partial charge in [0.15, 0.2) is 6.04 Å². The van der Waals surface area contributed by atoms with E-state index in [0.717, 1.165) is 60.8 Å². The molecule has 1 aliphatic carbocycles. The molecule has 2 N–H and O–H groups in total. The predicted molar refractivity (Wildman–Crippen MR) is 178 cm³/mol. The van der Waals surface area contributed by atoms with E-state index < -0.39 is 12.0 Å². The van der Waals surface area contributed by atoms with Crippen molar-refractivity contribution in [3.63, 3.8) is 0 Å². The van der Waals surface area contributed by atoms with Crippen molar-refractivity contribution in [2.45, 2.75) is 56.7 Å². The van der Waals surface area contributed by atoms with Crippen molar-refractivity contribution < 1.29 is 14.7 Å². The highest BCUT2D eigenvalue weighted by Gasteiger charge is 2.34. The van der Waals surface area contributed by atoms with Gasteiger partial charge in [0.05, 0.1) is 17.4 Å². The van der Waals surface area contributed by atoms with Gasteiger partial charge in [-0.3, -0.25) is 14.7 Å². The van der Waals surface area contributed by atoms with Crippen LogP contribution in [0.1, 0.15) is 59.4 Å². The Labute approximate surface area is 267 Å². The number of aliphatic imine (C=N–C) groups is 1. The average molecular weight is 651 g/mol. The molecule has 0 radical (unpaired) electrons. The van der Waals surface area contributed by atoms with Gasteiger partial charge in [-0.15, -0.1) is 0 Å². The van der Waals surface area contributed by atoms with Gasteiger partial charge >= 0.3 is 5.97 Å². The number of anilines is 1. The highest BCUT2D eigenvalue weighted by molar-refractivity contribution is 9.10. The number of carbonyl (C=O) groups excluding carboxylic acids is 1. The van der Waals surface area contributed by atoms with Crippen molar-refractivity contribution in [1.82, 2.24) is 4.90 Å². The number of hydrogen-bond donors (Lipinski definition) is 2. The molecule has 2 aliphatic rings. The van der Waals surface area contributed by atoms with Crippen molar-refractivity contribution in [3.05, 3.63) is 135 Å². The summed E-state index contributed by atoms with van der Waals surface area (Å²) in [5, 5.41) is 13.8. The van der Waals surface area contributed by atoms with Crippen molar-refractivity contribution in [3.8, 4) is 0 Å². The Morgan fingerprint density at radius 2 is 1.64 bits per heavy atom. The van der Waals surface area contributed by atoms with Crippen LogP contribution in [0, 0.1) is 0 Å². The molecule has 3 atom stereocenters. The Kier molecular flexibility index (Phi) is 9.34. The lowest BCUT2D eigenvalue weighted by Crippen LogP contribution is -2.39. The van der Waals surface area contributed by atoms with Crippen LogP contribution in [0.5, 0.6) is 0 Å². The number of nitrogens with zero attached hydrogens (tertiary/aromatic N) is 2. The summed E-state index contributed by atoms with van der Waals surface area (Å²) in [6.07, 6.45) is 4.33. The number of hydrogen-bond acceptors (Lipinski definition) is 4. The lowest BCUT2D eigenvalue weighted by molar-refractivity contribution is -0.139. The lowest BCUT2D eigenvalue weighted by Gasteiger charge is -2.29. The first-order valence-electron chi connectivity index (χ1n) is 15.3. The summed E-state index contributed by atoms with van der Waals surface area (Å²) < 4.78 is 0.931. The van der Waals surface area contributed by atoms with Crippen LogP contribution in [0.3, 0.4) is 0 Å². The van der Waals surface area contributed by atoms with E-state index in [0.29, 0.717) is 17.0 Å².